The molecule has 0 aliphatic heterocycles. The van der Waals surface area contributed by atoms with Crippen LogP contribution >= 0.6 is 0 Å². The number of amides is 1. The lowest BCUT2D eigenvalue weighted by atomic mass is 10.1. The molecule has 0 unspecified atom stereocenters. The van der Waals surface area contributed by atoms with Gasteiger partial charge in [-0.2, -0.15) is 0 Å². The second-order valence-electron chi connectivity index (χ2n) is 7.03. The minimum Gasteiger partial charge on any atom is -0.350 e. The van der Waals surface area contributed by atoms with Crippen molar-refractivity contribution in [3.63, 3.8) is 0 Å². The second kappa shape index (κ2) is 8.57. The molecule has 0 aliphatic rings. The van der Waals surface area contributed by atoms with E-state index in [9.17, 15) is 13.2 Å². The number of anilines is 1. The molecule has 6 heteroatoms. The molecule has 27 heavy (non-hydrogen) atoms. The molecule has 146 valence electrons. The molecule has 0 radical (unpaired) electrons. The Morgan fingerprint density at radius 2 is 1.56 bits per heavy atom. The molecule has 0 aromatic heterocycles. The highest BCUT2D eigenvalue weighted by atomic mass is 32.2. The predicted molar refractivity (Wildman–Crippen MR) is 110 cm³/mol. The molecular formula is C21H28N2O3S. The quantitative estimate of drug-likeness (QED) is 0.790. The van der Waals surface area contributed by atoms with E-state index in [2.05, 4.69) is 5.32 Å². The zero-order valence-electron chi connectivity index (χ0n) is 16.6. The molecule has 0 aliphatic carbocycles. The van der Waals surface area contributed by atoms with E-state index in [1.165, 1.54) is 4.31 Å². The number of sulfonamides is 1. The summed E-state index contributed by atoms with van der Waals surface area (Å²) in [5.41, 5.74) is 4.55. The highest BCUT2D eigenvalue weighted by molar-refractivity contribution is 7.92. The van der Waals surface area contributed by atoms with Crippen molar-refractivity contribution in [1.82, 2.24) is 5.32 Å². The summed E-state index contributed by atoms with van der Waals surface area (Å²) in [6.45, 7) is 8.01. The summed E-state index contributed by atoms with van der Waals surface area (Å²) in [4.78, 5) is 12.8. The second-order valence-corrected chi connectivity index (χ2v) is 8.89. The van der Waals surface area contributed by atoms with Gasteiger partial charge in [0.1, 0.15) is 6.04 Å². The molecule has 0 saturated heterocycles. The topological polar surface area (TPSA) is 66.5 Å². The van der Waals surface area contributed by atoms with Gasteiger partial charge in [-0.05, 0) is 56.0 Å². The first kappa shape index (κ1) is 21.0. The van der Waals surface area contributed by atoms with E-state index < -0.39 is 16.1 Å². The van der Waals surface area contributed by atoms with Crippen LogP contribution in [0, 0.1) is 20.8 Å². The highest BCUT2D eigenvalue weighted by Crippen LogP contribution is 2.25. The van der Waals surface area contributed by atoms with Crippen molar-refractivity contribution in [3.8, 4) is 0 Å². The van der Waals surface area contributed by atoms with Crippen LogP contribution in [0.1, 0.15) is 35.6 Å². The van der Waals surface area contributed by atoms with Gasteiger partial charge in [-0.3, -0.25) is 9.10 Å². The third-order valence-electron chi connectivity index (χ3n) is 4.38. The van der Waals surface area contributed by atoms with E-state index in [1.54, 1.807) is 12.1 Å². The maximum atomic E-state index is 12.8. The Balaban J connectivity index is 2.28. The molecule has 2 rings (SSSR count). The summed E-state index contributed by atoms with van der Waals surface area (Å²) in [6, 6.07) is 12.6. The van der Waals surface area contributed by atoms with E-state index in [4.69, 9.17) is 0 Å². The van der Waals surface area contributed by atoms with E-state index in [1.807, 2.05) is 58.0 Å². The van der Waals surface area contributed by atoms with Crippen LogP contribution in [0.15, 0.2) is 42.5 Å². The Bertz CT molecular complexity index is 885. The van der Waals surface area contributed by atoms with Gasteiger partial charge in [0.15, 0.2) is 0 Å². The summed E-state index contributed by atoms with van der Waals surface area (Å²) in [7, 11) is -3.62. The molecule has 5 nitrogen and oxygen atoms in total. The number of aryl methyl sites for hydroxylation is 3. The largest absolute Gasteiger partial charge is 0.350 e. The zero-order valence-corrected chi connectivity index (χ0v) is 17.4. The zero-order chi connectivity index (χ0) is 20.2. The fourth-order valence-corrected chi connectivity index (χ4v) is 4.35. The Kier molecular flexibility index (Phi) is 6.65. The molecule has 2 aromatic rings. The Morgan fingerprint density at radius 1 is 1.00 bits per heavy atom. The van der Waals surface area contributed by atoms with Gasteiger partial charge in [0, 0.05) is 6.54 Å². The third kappa shape index (κ3) is 5.57. The number of hydrogen-bond donors (Lipinski definition) is 1. The molecule has 0 bridgehead atoms. The number of benzene rings is 2. The van der Waals surface area contributed by atoms with Crippen molar-refractivity contribution in [2.75, 3.05) is 10.6 Å². The Morgan fingerprint density at radius 3 is 2.04 bits per heavy atom. The van der Waals surface area contributed by atoms with Crippen LogP contribution < -0.4 is 9.62 Å². The molecule has 1 atom stereocenters. The van der Waals surface area contributed by atoms with Gasteiger partial charge in [-0.1, -0.05) is 42.8 Å². The summed E-state index contributed by atoms with van der Waals surface area (Å²) in [5, 5.41) is 2.88. The standard InChI is InChI=1S/C21H28N2O3S/c1-6-20(21(24)22-14-18-9-7-15(2)8-10-18)23(27(5,25)26)19-12-16(3)11-17(4)13-19/h7-13,20H,6,14H2,1-5H3,(H,22,24)/t20-/m1/s1. The highest BCUT2D eigenvalue weighted by Gasteiger charge is 2.31. The van der Waals surface area contributed by atoms with E-state index in [-0.39, 0.29) is 5.91 Å². The number of carbonyl (C=O) groups is 1. The Labute approximate surface area is 162 Å². The number of nitrogens with one attached hydrogen (secondary N) is 1. The lowest BCUT2D eigenvalue weighted by Gasteiger charge is -2.30. The Hall–Kier alpha value is -2.34. The smallest absolute Gasteiger partial charge is 0.244 e. The van der Waals surface area contributed by atoms with Gasteiger partial charge in [0.05, 0.1) is 11.9 Å². The van der Waals surface area contributed by atoms with Gasteiger partial charge in [0.25, 0.3) is 0 Å². The molecule has 0 heterocycles. The number of carbonyl (C=O) groups excluding carboxylic acids is 1. The maximum absolute atomic E-state index is 12.8. The predicted octanol–water partition coefficient (Wildman–Crippen LogP) is 3.47. The van der Waals surface area contributed by atoms with Crippen LogP contribution in [0.5, 0.6) is 0 Å². The molecule has 0 saturated carbocycles. The molecule has 1 N–H and O–H groups in total. The van der Waals surface area contributed by atoms with Crippen molar-refractivity contribution in [1.29, 1.82) is 0 Å². The lowest BCUT2D eigenvalue weighted by molar-refractivity contribution is -0.122. The van der Waals surface area contributed by atoms with E-state index in [0.717, 1.165) is 28.5 Å². The van der Waals surface area contributed by atoms with Gasteiger partial charge >= 0.3 is 0 Å². The molecule has 2 aromatic carbocycles. The third-order valence-corrected chi connectivity index (χ3v) is 5.56. The number of rotatable bonds is 7. The van der Waals surface area contributed by atoms with Crippen LogP contribution in [-0.4, -0.2) is 26.6 Å². The van der Waals surface area contributed by atoms with Gasteiger partial charge < -0.3 is 5.32 Å². The molecule has 0 fully saturated rings. The van der Waals surface area contributed by atoms with Crippen LogP contribution in [-0.2, 0) is 21.4 Å². The minimum atomic E-state index is -3.62. The van der Waals surface area contributed by atoms with Crippen LogP contribution in [0.3, 0.4) is 0 Å². The first-order valence-electron chi connectivity index (χ1n) is 9.02. The van der Waals surface area contributed by atoms with Gasteiger partial charge in [-0.25, -0.2) is 8.42 Å². The van der Waals surface area contributed by atoms with Crippen molar-refractivity contribution in [2.24, 2.45) is 0 Å². The molecule has 1 amide bonds. The van der Waals surface area contributed by atoms with Crippen LogP contribution in [0.4, 0.5) is 5.69 Å². The average molecular weight is 389 g/mol. The summed E-state index contributed by atoms with van der Waals surface area (Å²) in [6.07, 6.45) is 1.51. The average Bonchev–Trinajstić information content (AvgIpc) is 2.56. The maximum Gasteiger partial charge on any atom is 0.244 e. The minimum absolute atomic E-state index is 0.303. The SMILES string of the molecule is CC[C@H](C(=O)NCc1ccc(C)cc1)N(c1cc(C)cc(C)c1)S(C)(=O)=O. The van der Waals surface area contributed by atoms with Crippen molar-refractivity contribution in [3.05, 3.63) is 64.7 Å². The summed E-state index contributed by atoms with van der Waals surface area (Å²) in [5.74, 6) is -0.303. The molecular weight excluding hydrogens is 360 g/mol. The monoisotopic (exact) mass is 388 g/mol. The van der Waals surface area contributed by atoms with E-state index >= 15 is 0 Å². The van der Waals surface area contributed by atoms with Crippen molar-refractivity contribution in [2.45, 2.75) is 46.7 Å². The fourth-order valence-electron chi connectivity index (χ4n) is 3.15. The first-order valence-corrected chi connectivity index (χ1v) is 10.9. The summed E-state index contributed by atoms with van der Waals surface area (Å²) < 4.78 is 26.3. The van der Waals surface area contributed by atoms with E-state index in [0.29, 0.717) is 18.7 Å². The van der Waals surface area contributed by atoms with Crippen LogP contribution in [0.25, 0.3) is 0 Å². The van der Waals surface area contributed by atoms with Crippen molar-refractivity contribution >= 4 is 21.6 Å². The van der Waals surface area contributed by atoms with Crippen molar-refractivity contribution < 1.29 is 13.2 Å². The summed E-state index contributed by atoms with van der Waals surface area (Å²) >= 11 is 0. The van der Waals surface area contributed by atoms with Gasteiger partial charge in [0.2, 0.25) is 15.9 Å². The number of nitrogens with zero attached hydrogens (tertiary/aromatic N) is 1. The van der Waals surface area contributed by atoms with Crippen LogP contribution in [0.2, 0.25) is 0 Å². The normalized spacial score (nSPS) is 12.5. The lowest BCUT2D eigenvalue weighted by Crippen LogP contribution is -2.49. The number of hydrogen-bond acceptors (Lipinski definition) is 3. The fraction of sp³-hybridized carbons (Fsp3) is 0.381. The first-order chi connectivity index (χ1) is 12.6. The van der Waals surface area contributed by atoms with Gasteiger partial charge in [-0.15, -0.1) is 0 Å². The molecule has 0 spiro atoms.